The maximum atomic E-state index is 12.9. The fraction of sp³-hybridized carbons (Fsp3) is 0.238. The Labute approximate surface area is 162 Å². The first kappa shape index (κ1) is 19.6. The molecule has 0 amide bonds. The third-order valence-electron chi connectivity index (χ3n) is 3.99. The molecule has 1 N–H and O–H groups in total. The van der Waals surface area contributed by atoms with E-state index in [9.17, 15) is 9.18 Å². The van der Waals surface area contributed by atoms with Crippen molar-refractivity contribution in [3.05, 3.63) is 93.9 Å². The van der Waals surface area contributed by atoms with Crippen LogP contribution < -0.4 is 20.5 Å². The average Bonchev–Trinajstić information content (AvgIpc) is 2.72. The highest BCUT2D eigenvalue weighted by atomic mass is 19.1. The van der Waals surface area contributed by atoms with E-state index >= 15 is 0 Å². The Morgan fingerprint density at radius 2 is 1.86 bits per heavy atom. The molecule has 0 aliphatic carbocycles. The lowest BCUT2D eigenvalue weighted by Crippen LogP contribution is -2.25. The van der Waals surface area contributed by atoms with Gasteiger partial charge in [-0.1, -0.05) is 25.1 Å². The second-order valence-electron chi connectivity index (χ2n) is 6.15. The number of hydrogen-bond acceptors (Lipinski definition) is 5. The third-order valence-corrected chi connectivity index (χ3v) is 3.99. The number of hydrogen-bond donors (Lipinski definition) is 1. The van der Waals surface area contributed by atoms with E-state index in [0.29, 0.717) is 5.75 Å². The van der Waals surface area contributed by atoms with Crippen molar-refractivity contribution in [1.29, 1.82) is 0 Å². The number of rotatable bonds is 9. The fourth-order valence-electron chi connectivity index (χ4n) is 2.43. The molecule has 7 heteroatoms. The van der Waals surface area contributed by atoms with E-state index in [4.69, 9.17) is 9.57 Å². The minimum absolute atomic E-state index is 0.226. The molecule has 0 unspecified atom stereocenters. The summed E-state index contributed by atoms with van der Waals surface area (Å²) in [4.78, 5) is 22.1. The summed E-state index contributed by atoms with van der Waals surface area (Å²) in [6, 6.07) is 12.8. The van der Waals surface area contributed by atoms with Gasteiger partial charge in [0.2, 0.25) is 0 Å². The van der Waals surface area contributed by atoms with E-state index in [1.807, 2.05) is 19.1 Å². The van der Waals surface area contributed by atoms with Gasteiger partial charge in [-0.2, -0.15) is 4.73 Å². The molecule has 1 aromatic carbocycles. The summed E-state index contributed by atoms with van der Waals surface area (Å²) in [5, 5.41) is 3.21. The van der Waals surface area contributed by atoms with Crippen LogP contribution in [0.3, 0.4) is 0 Å². The molecule has 0 spiro atoms. The molecule has 0 saturated heterocycles. The highest BCUT2D eigenvalue weighted by molar-refractivity contribution is 5.20. The molecule has 0 aliphatic rings. The molecule has 0 bridgehead atoms. The van der Waals surface area contributed by atoms with E-state index in [2.05, 4.69) is 10.3 Å². The van der Waals surface area contributed by atoms with Gasteiger partial charge in [-0.3, -0.25) is 9.78 Å². The molecule has 3 aromatic rings. The van der Waals surface area contributed by atoms with Gasteiger partial charge in [-0.05, 0) is 30.3 Å². The summed E-state index contributed by atoms with van der Waals surface area (Å²) in [5.41, 5.74) is 2.29. The minimum atomic E-state index is -0.340. The Bertz CT molecular complexity index is 940. The molecule has 6 nitrogen and oxygen atoms in total. The number of nitrogens with zero attached hydrogens (tertiary/aromatic N) is 2. The summed E-state index contributed by atoms with van der Waals surface area (Å²) in [6.45, 7) is 4.12. The zero-order valence-electron chi connectivity index (χ0n) is 15.6. The second kappa shape index (κ2) is 9.66. The van der Waals surface area contributed by atoms with Gasteiger partial charge in [0.1, 0.15) is 24.8 Å². The average molecular weight is 383 g/mol. The zero-order valence-corrected chi connectivity index (χ0v) is 15.6. The number of halogens is 1. The van der Waals surface area contributed by atoms with Gasteiger partial charge in [0.05, 0.1) is 11.9 Å². The largest absolute Gasteiger partial charge is 0.489 e. The van der Waals surface area contributed by atoms with Crippen LogP contribution in [0.15, 0.2) is 65.7 Å². The van der Waals surface area contributed by atoms with E-state index in [1.165, 1.54) is 24.4 Å². The van der Waals surface area contributed by atoms with Gasteiger partial charge in [0, 0.05) is 30.4 Å². The molecule has 2 heterocycles. The lowest BCUT2D eigenvalue weighted by molar-refractivity contribution is 0.0882. The van der Waals surface area contributed by atoms with Crippen LogP contribution in [0.25, 0.3) is 0 Å². The SMILES string of the molecule is CCNCc1ccc(COn2ccc(OCc3ccc(F)cc3)cc2=O)cn1. The van der Waals surface area contributed by atoms with Crippen molar-refractivity contribution >= 4 is 0 Å². The van der Waals surface area contributed by atoms with Crippen LogP contribution in [-0.2, 0) is 19.8 Å². The predicted octanol–water partition coefficient (Wildman–Crippen LogP) is 2.70. The molecule has 2 aromatic heterocycles. The number of benzene rings is 1. The summed E-state index contributed by atoms with van der Waals surface area (Å²) in [5.74, 6) is 0.120. The number of aromatic nitrogens is 2. The third kappa shape index (κ3) is 5.65. The Hall–Kier alpha value is -3.19. The van der Waals surface area contributed by atoms with Crippen molar-refractivity contribution in [3.8, 4) is 5.75 Å². The molecular formula is C21H22FN3O3. The smallest absolute Gasteiger partial charge is 0.286 e. The topological polar surface area (TPSA) is 65.4 Å². The summed E-state index contributed by atoms with van der Waals surface area (Å²) < 4.78 is 19.6. The standard InChI is InChI=1S/C21H22FN3O3/c1-2-23-13-19-8-5-17(12-24-19)15-28-25-10-9-20(11-21(25)26)27-14-16-3-6-18(22)7-4-16/h3-12,23H,2,13-15H2,1H3. The first-order chi connectivity index (χ1) is 13.6. The molecule has 0 aliphatic heterocycles. The lowest BCUT2D eigenvalue weighted by atomic mass is 10.2. The van der Waals surface area contributed by atoms with Gasteiger partial charge in [-0.15, -0.1) is 0 Å². The highest BCUT2D eigenvalue weighted by Crippen LogP contribution is 2.10. The maximum Gasteiger partial charge on any atom is 0.286 e. The minimum Gasteiger partial charge on any atom is -0.489 e. The van der Waals surface area contributed by atoms with E-state index in [0.717, 1.165) is 34.6 Å². The molecule has 146 valence electrons. The fourth-order valence-corrected chi connectivity index (χ4v) is 2.43. The maximum absolute atomic E-state index is 12.9. The van der Waals surface area contributed by atoms with Crippen molar-refractivity contribution in [2.45, 2.75) is 26.7 Å². The van der Waals surface area contributed by atoms with Crippen molar-refractivity contribution < 1.29 is 14.0 Å². The van der Waals surface area contributed by atoms with Crippen molar-refractivity contribution in [2.75, 3.05) is 6.54 Å². The molecule has 0 atom stereocenters. The van der Waals surface area contributed by atoms with Crippen LogP contribution in [0.2, 0.25) is 0 Å². The van der Waals surface area contributed by atoms with Crippen molar-refractivity contribution in [1.82, 2.24) is 15.0 Å². The summed E-state index contributed by atoms with van der Waals surface area (Å²) in [7, 11) is 0. The Morgan fingerprint density at radius 3 is 2.54 bits per heavy atom. The second-order valence-corrected chi connectivity index (χ2v) is 6.15. The number of nitrogens with one attached hydrogen (secondary N) is 1. The monoisotopic (exact) mass is 383 g/mol. The molecule has 0 fully saturated rings. The lowest BCUT2D eigenvalue weighted by Gasteiger charge is -2.10. The van der Waals surface area contributed by atoms with E-state index < -0.39 is 0 Å². The quantitative estimate of drug-likeness (QED) is 0.616. The van der Waals surface area contributed by atoms with E-state index in [-0.39, 0.29) is 24.6 Å². The first-order valence-corrected chi connectivity index (χ1v) is 9.02. The Morgan fingerprint density at radius 1 is 1.07 bits per heavy atom. The predicted molar refractivity (Wildman–Crippen MR) is 103 cm³/mol. The Balaban J connectivity index is 1.53. The molecule has 0 radical (unpaired) electrons. The summed E-state index contributed by atoms with van der Waals surface area (Å²) >= 11 is 0. The molecule has 28 heavy (non-hydrogen) atoms. The molecule has 0 saturated carbocycles. The Kier molecular flexibility index (Phi) is 6.75. The normalized spacial score (nSPS) is 10.6. The first-order valence-electron chi connectivity index (χ1n) is 9.02. The van der Waals surface area contributed by atoms with Gasteiger partial charge >= 0.3 is 0 Å². The zero-order chi connectivity index (χ0) is 19.8. The number of ether oxygens (including phenoxy) is 1. The van der Waals surface area contributed by atoms with Crippen LogP contribution in [0.4, 0.5) is 4.39 Å². The van der Waals surface area contributed by atoms with Crippen LogP contribution in [-0.4, -0.2) is 16.3 Å². The van der Waals surface area contributed by atoms with Gasteiger partial charge < -0.3 is 14.9 Å². The van der Waals surface area contributed by atoms with Crippen LogP contribution in [0, 0.1) is 5.82 Å². The molecule has 3 rings (SSSR count). The van der Waals surface area contributed by atoms with Crippen molar-refractivity contribution in [2.24, 2.45) is 0 Å². The van der Waals surface area contributed by atoms with E-state index in [1.54, 1.807) is 24.4 Å². The van der Waals surface area contributed by atoms with Crippen molar-refractivity contribution in [3.63, 3.8) is 0 Å². The highest BCUT2D eigenvalue weighted by Gasteiger charge is 2.03. The van der Waals surface area contributed by atoms with Crippen LogP contribution >= 0.6 is 0 Å². The van der Waals surface area contributed by atoms with Gasteiger partial charge in [0.15, 0.2) is 0 Å². The molecular weight excluding hydrogens is 361 g/mol. The van der Waals surface area contributed by atoms with Gasteiger partial charge in [0.25, 0.3) is 5.56 Å². The van der Waals surface area contributed by atoms with Gasteiger partial charge in [-0.25, -0.2) is 4.39 Å². The van der Waals surface area contributed by atoms with Crippen LogP contribution in [0.1, 0.15) is 23.7 Å². The summed E-state index contributed by atoms with van der Waals surface area (Å²) in [6.07, 6.45) is 3.24. The van der Waals surface area contributed by atoms with Crippen LogP contribution in [0.5, 0.6) is 5.75 Å². The number of pyridine rings is 2.